The van der Waals surface area contributed by atoms with E-state index in [0.717, 1.165) is 18.8 Å². The van der Waals surface area contributed by atoms with Gasteiger partial charge in [-0.3, -0.25) is 9.59 Å². The van der Waals surface area contributed by atoms with Crippen molar-refractivity contribution >= 4 is 11.8 Å². The Hall–Kier alpha value is -1.10. The van der Waals surface area contributed by atoms with E-state index in [1.165, 1.54) is 6.42 Å². The lowest BCUT2D eigenvalue weighted by molar-refractivity contribution is -0.135. The Balaban J connectivity index is 0.000000107. The van der Waals surface area contributed by atoms with Gasteiger partial charge < -0.3 is 14.9 Å². The number of amides is 2. The zero-order chi connectivity index (χ0) is 12.3. The van der Waals surface area contributed by atoms with E-state index in [4.69, 9.17) is 5.11 Å². The molecule has 4 fully saturated rings. The summed E-state index contributed by atoms with van der Waals surface area (Å²) in [5, 5.41) is 9.09. The van der Waals surface area contributed by atoms with Gasteiger partial charge in [-0.05, 0) is 18.8 Å². The first-order valence-corrected chi connectivity index (χ1v) is 6.21. The largest absolute Gasteiger partial charge is 0.383 e. The number of hydrogen-bond acceptors (Lipinski definition) is 3. The standard InChI is InChI=1S/C6H9NO2.C6H9NO/c1-7-4-2-3(4)5(8)6(7)9;1-7-5-2-4(5)3-6(7)8/h3-5,8H,2H2,1H3;4-5H,2-3H2,1H3. The fourth-order valence-corrected chi connectivity index (χ4v) is 3.02. The highest BCUT2D eigenvalue weighted by Crippen LogP contribution is 2.44. The molecule has 0 radical (unpaired) electrons. The molecule has 5 heteroatoms. The fraction of sp³-hybridized carbons (Fsp3) is 0.833. The minimum absolute atomic E-state index is 0.101. The van der Waals surface area contributed by atoms with Gasteiger partial charge in [-0.15, -0.1) is 0 Å². The van der Waals surface area contributed by atoms with E-state index in [9.17, 15) is 9.59 Å². The lowest BCUT2D eigenvalue weighted by Gasteiger charge is -2.10. The lowest BCUT2D eigenvalue weighted by Crippen LogP contribution is -2.30. The van der Waals surface area contributed by atoms with Crippen LogP contribution in [0.3, 0.4) is 0 Å². The molecule has 2 aliphatic heterocycles. The molecule has 0 aromatic carbocycles. The number of hydrogen-bond donors (Lipinski definition) is 1. The van der Waals surface area contributed by atoms with Crippen molar-refractivity contribution in [2.24, 2.45) is 11.8 Å². The van der Waals surface area contributed by atoms with Crippen molar-refractivity contribution in [3.63, 3.8) is 0 Å². The van der Waals surface area contributed by atoms with Crippen LogP contribution >= 0.6 is 0 Å². The molecular weight excluding hydrogens is 220 g/mol. The number of nitrogens with zero attached hydrogens (tertiary/aromatic N) is 2. The van der Waals surface area contributed by atoms with Crippen molar-refractivity contribution in [1.29, 1.82) is 0 Å². The molecule has 4 rings (SSSR count). The number of aliphatic hydroxyl groups is 1. The number of rotatable bonds is 0. The van der Waals surface area contributed by atoms with Gasteiger partial charge in [0.05, 0.1) is 0 Å². The summed E-state index contributed by atoms with van der Waals surface area (Å²) in [7, 11) is 3.66. The van der Waals surface area contributed by atoms with Crippen LogP contribution in [0.4, 0.5) is 0 Å². The second kappa shape index (κ2) is 3.45. The third-order valence-electron chi connectivity index (χ3n) is 4.52. The second-order valence-electron chi connectivity index (χ2n) is 5.63. The summed E-state index contributed by atoms with van der Waals surface area (Å²) in [6.45, 7) is 0. The molecule has 5 atom stereocenters. The molecule has 2 saturated carbocycles. The number of aliphatic hydroxyl groups excluding tert-OH is 1. The minimum Gasteiger partial charge on any atom is -0.383 e. The van der Waals surface area contributed by atoms with Gasteiger partial charge in [-0.25, -0.2) is 0 Å². The van der Waals surface area contributed by atoms with Gasteiger partial charge in [0, 0.05) is 38.5 Å². The highest BCUT2D eigenvalue weighted by molar-refractivity contribution is 5.85. The number of likely N-dealkylation sites (N-methyl/N-ethyl adjacent to an activating group) is 1. The molecule has 0 bridgehead atoms. The Morgan fingerprint density at radius 1 is 1.12 bits per heavy atom. The summed E-state index contributed by atoms with van der Waals surface area (Å²) < 4.78 is 0. The Kier molecular flexibility index (Phi) is 2.23. The highest BCUT2D eigenvalue weighted by Gasteiger charge is 2.56. The fourth-order valence-electron chi connectivity index (χ4n) is 3.02. The van der Waals surface area contributed by atoms with Crippen LogP contribution in [-0.4, -0.2) is 59.0 Å². The molecule has 2 aliphatic carbocycles. The van der Waals surface area contributed by atoms with Crippen molar-refractivity contribution < 1.29 is 14.7 Å². The van der Waals surface area contributed by atoms with Crippen LogP contribution in [0, 0.1) is 11.8 Å². The third-order valence-corrected chi connectivity index (χ3v) is 4.52. The maximum atomic E-state index is 10.8. The van der Waals surface area contributed by atoms with E-state index in [-0.39, 0.29) is 11.8 Å². The molecule has 2 saturated heterocycles. The van der Waals surface area contributed by atoms with E-state index >= 15 is 0 Å². The third kappa shape index (κ3) is 1.64. The Bertz CT molecular complexity index is 368. The van der Waals surface area contributed by atoms with Crippen LogP contribution in [0.1, 0.15) is 19.3 Å². The van der Waals surface area contributed by atoms with Crippen LogP contribution in [-0.2, 0) is 9.59 Å². The average molecular weight is 238 g/mol. The first kappa shape index (κ1) is 11.0. The molecular formula is C12H18N2O3. The van der Waals surface area contributed by atoms with Crippen molar-refractivity contribution in [2.75, 3.05) is 14.1 Å². The van der Waals surface area contributed by atoms with Gasteiger partial charge >= 0.3 is 0 Å². The predicted octanol–water partition coefficient (Wildman–Crippen LogP) is -0.555. The summed E-state index contributed by atoms with van der Waals surface area (Å²) >= 11 is 0. The summed E-state index contributed by atoms with van der Waals surface area (Å²) in [6, 6.07) is 1.01. The van der Waals surface area contributed by atoms with Crippen molar-refractivity contribution in [1.82, 2.24) is 9.80 Å². The Labute approximate surface area is 100 Å². The monoisotopic (exact) mass is 238 g/mol. The molecule has 2 amide bonds. The van der Waals surface area contributed by atoms with Crippen LogP contribution in [0.2, 0.25) is 0 Å². The second-order valence-corrected chi connectivity index (χ2v) is 5.63. The topological polar surface area (TPSA) is 60.9 Å². The molecule has 0 spiro atoms. The Morgan fingerprint density at radius 3 is 2.06 bits per heavy atom. The smallest absolute Gasteiger partial charge is 0.251 e. The number of piperidine rings is 2. The van der Waals surface area contributed by atoms with Crippen LogP contribution < -0.4 is 0 Å². The van der Waals surface area contributed by atoms with E-state index in [0.29, 0.717) is 18.0 Å². The van der Waals surface area contributed by atoms with Gasteiger partial charge in [0.25, 0.3) is 5.91 Å². The van der Waals surface area contributed by atoms with Gasteiger partial charge in [0.2, 0.25) is 5.91 Å². The molecule has 94 valence electrons. The molecule has 0 aromatic rings. The SMILES string of the molecule is CN1C(=O)C(O)C2CC21.CN1C(=O)CC2CC21. The number of fused-ring (bicyclic) bond motifs is 2. The van der Waals surface area contributed by atoms with E-state index < -0.39 is 6.10 Å². The maximum absolute atomic E-state index is 10.8. The van der Waals surface area contributed by atoms with Gasteiger partial charge in [0.1, 0.15) is 6.10 Å². The Morgan fingerprint density at radius 2 is 1.82 bits per heavy atom. The highest BCUT2D eigenvalue weighted by atomic mass is 16.3. The minimum atomic E-state index is -0.681. The molecule has 5 unspecified atom stereocenters. The van der Waals surface area contributed by atoms with E-state index in [1.807, 2.05) is 11.9 Å². The van der Waals surface area contributed by atoms with Gasteiger partial charge in [0.15, 0.2) is 0 Å². The van der Waals surface area contributed by atoms with Crippen LogP contribution in [0.5, 0.6) is 0 Å². The zero-order valence-electron chi connectivity index (χ0n) is 10.2. The van der Waals surface area contributed by atoms with Gasteiger partial charge in [-0.2, -0.15) is 0 Å². The van der Waals surface area contributed by atoms with E-state index in [1.54, 1.807) is 11.9 Å². The summed E-state index contributed by atoms with van der Waals surface area (Å²) in [5.41, 5.74) is 0. The molecule has 2 heterocycles. The van der Waals surface area contributed by atoms with Crippen molar-refractivity contribution in [3.05, 3.63) is 0 Å². The molecule has 5 nitrogen and oxygen atoms in total. The van der Waals surface area contributed by atoms with Crippen molar-refractivity contribution in [3.8, 4) is 0 Å². The molecule has 1 N–H and O–H groups in total. The van der Waals surface area contributed by atoms with Crippen LogP contribution in [0.15, 0.2) is 0 Å². The quantitative estimate of drug-likeness (QED) is 0.615. The average Bonchev–Trinajstić information content (AvgIpc) is 3.17. The van der Waals surface area contributed by atoms with E-state index in [2.05, 4.69) is 0 Å². The van der Waals surface area contributed by atoms with Crippen molar-refractivity contribution in [2.45, 2.75) is 37.5 Å². The summed E-state index contributed by atoms with van der Waals surface area (Å²) in [5.74, 6) is 1.25. The molecule has 4 aliphatic rings. The van der Waals surface area contributed by atoms with Crippen LogP contribution in [0.25, 0.3) is 0 Å². The summed E-state index contributed by atoms with van der Waals surface area (Å²) in [6.07, 6.45) is 2.41. The summed E-state index contributed by atoms with van der Waals surface area (Å²) in [4.78, 5) is 25.1. The number of carbonyl (C=O) groups is 2. The molecule has 0 aromatic heterocycles. The lowest BCUT2D eigenvalue weighted by atomic mass is 10.2. The first-order chi connectivity index (χ1) is 8.00. The molecule has 17 heavy (non-hydrogen) atoms. The first-order valence-electron chi connectivity index (χ1n) is 6.21. The normalized spacial score (nSPS) is 45.2. The maximum Gasteiger partial charge on any atom is 0.251 e. The number of carbonyl (C=O) groups excluding carboxylic acids is 2. The number of likely N-dealkylation sites (tertiary alicyclic amines) is 2. The van der Waals surface area contributed by atoms with Gasteiger partial charge in [-0.1, -0.05) is 0 Å². The zero-order valence-corrected chi connectivity index (χ0v) is 10.2. The predicted molar refractivity (Wildman–Crippen MR) is 60.0 cm³/mol.